The minimum Gasteiger partial charge on any atom is -0.473 e. The van der Waals surface area contributed by atoms with Gasteiger partial charge in [0.2, 0.25) is 5.88 Å². The molecule has 262 valence electrons. The molecule has 3 aliphatic rings. The Morgan fingerprint density at radius 2 is 1.80 bits per heavy atom. The highest BCUT2D eigenvalue weighted by atomic mass is 16.6. The van der Waals surface area contributed by atoms with Crippen molar-refractivity contribution in [2.75, 3.05) is 32.9 Å². The molecule has 3 aliphatic heterocycles. The van der Waals surface area contributed by atoms with Crippen molar-refractivity contribution in [3.8, 4) is 5.88 Å². The summed E-state index contributed by atoms with van der Waals surface area (Å²) in [4.78, 5) is 25.3. The lowest BCUT2D eigenvalue weighted by molar-refractivity contribution is -0.0592. The normalized spacial score (nSPS) is 19.1. The number of pyridine rings is 1. The third-order valence-electron chi connectivity index (χ3n) is 9.99. The Balaban J connectivity index is 0.905. The van der Waals surface area contributed by atoms with Crippen LogP contribution >= 0.6 is 0 Å². The van der Waals surface area contributed by atoms with Crippen LogP contribution in [0.1, 0.15) is 73.4 Å². The Labute approximate surface area is 292 Å². The lowest BCUT2D eigenvalue weighted by Crippen LogP contribution is -2.35. The van der Waals surface area contributed by atoms with Crippen molar-refractivity contribution in [2.45, 2.75) is 83.9 Å². The van der Waals surface area contributed by atoms with Gasteiger partial charge in [-0.2, -0.15) is 5.10 Å². The van der Waals surface area contributed by atoms with E-state index in [0.29, 0.717) is 29.9 Å². The number of fused-ring (bicyclic) bond motifs is 2. The predicted octanol–water partition coefficient (Wildman–Crippen LogP) is 6.13. The van der Waals surface area contributed by atoms with Crippen LogP contribution in [0.2, 0.25) is 0 Å². The molecule has 6 heterocycles. The second-order valence-corrected chi connectivity index (χ2v) is 15.0. The van der Waals surface area contributed by atoms with E-state index in [-0.39, 0.29) is 12.1 Å². The highest BCUT2D eigenvalue weighted by Crippen LogP contribution is 2.30. The summed E-state index contributed by atoms with van der Waals surface area (Å²) in [7, 11) is 0. The number of rotatable bonds is 11. The predicted molar refractivity (Wildman–Crippen MR) is 189 cm³/mol. The first-order valence-corrected chi connectivity index (χ1v) is 17.9. The highest BCUT2D eigenvalue weighted by molar-refractivity contribution is 5.94. The van der Waals surface area contributed by atoms with Gasteiger partial charge in [0.1, 0.15) is 18.0 Å². The van der Waals surface area contributed by atoms with E-state index in [1.165, 1.54) is 0 Å². The van der Waals surface area contributed by atoms with Crippen LogP contribution in [-0.4, -0.2) is 79.8 Å². The summed E-state index contributed by atoms with van der Waals surface area (Å²) in [6, 6.07) is 18.2. The van der Waals surface area contributed by atoms with Gasteiger partial charge >= 0.3 is 5.97 Å². The molecule has 0 amide bonds. The first-order valence-electron chi connectivity index (χ1n) is 17.9. The van der Waals surface area contributed by atoms with E-state index in [9.17, 15) is 4.79 Å². The molecular formula is C39H46N6O5. The molecule has 0 aliphatic carbocycles. The summed E-state index contributed by atoms with van der Waals surface area (Å²) in [5.41, 5.74) is 5.13. The number of nitrogens with zero attached hydrogens (tertiary/aromatic N) is 6. The average Bonchev–Trinajstić information content (AvgIpc) is 3.62. The zero-order valence-corrected chi connectivity index (χ0v) is 29.2. The van der Waals surface area contributed by atoms with Crippen molar-refractivity contribution in [3.05, 3.63) is 83.4 Å². The molecule has 11 nitrogen and oxygen atoms in total. The van der Waals surface area contributed by atoms with Crippen LogP contribution < -0.4 is 4.74 Å². The molecule has 2 aromatic carbocycles. The maximum Gasteiger partial charge on any atom is 0.338 e. The van der Waals surface area contributed by atoms with Crippen LogP contribution in [0.3, 0.4) is 0 Å². The van der Waals surface area contributed by atoms with Crippen LogP contribution in [0, 0.1) is 5.92 Å². The number of hydrogen-bond acceptors (Lipinski definition) is 9. The standard InChI is InChI=1S/C39H46N6O5/c1-39(2,3)50-38(46)29-9-10-33-35(18-29)44(21-31-13-16-48-31)36(41-33)22-43-14-11-28(12-15-43)32-5-4-6-37(42-32)49-25-26-7-8-30-19-40-45(34(30)17-26)20-27-23-47-24-27/h4-10,17-19,27-28,31H,11-16,20-25H2,1-3H3/t31-/m0/s1. The van der Waals surface area contributed by atoms with Crippen molar-refractivity contribution < 1.29 is 23.7 Å². The zero-order chi connectivity index (χ0) is 34.2. The molecule has 50 heavy (non-hydrogen) atoms. The summed E-state index contributed by atoms with van der Waals surface area (Å²) in [5, 5.41) is 5.73. The number of imidazole rings is 1. The molecule has 0 bridgehead atoms. The average molecular weight is 679 g/mol. The fourth-order valence-corrected chi connectivity index (χ4v) is 7.06. The van der Waals surface area contributed by atoms with E-state index in [1.54, 1.807) is 0 Å². The minimum atomic E-state index is -0.556. The highest BCUT2D eigenvalue weighted by Gasteiger charge is 2.27. The maximum atomic E-state index is 12.9. The van der Waals surface area contributed by atoms with Crippen molar-refractivity contribution in [1.29, 1.82) is 0 Å². The summed E-state index contributed by atoms with van der Waals surface area (Å²) >= 11 is 0. The largest absolute Gasteiger partial charge is 0.473 e. The van der Waals surface area contributed by atoms with E-state index < -0.39 is 5.60 Å². The van der Waals surface area contributed by atoms with Gasteiger partial charge in [0.05, 0.1) is 60.7 Å². The van der Waals surface area contributed by atoms with Gasteiger partial charge in [-0.05, 0) is 89.0 Å². The van der Waals surface area contributed by atoms with Gasteiger partial charge in [0.15, 0.2) is 0 Å². The van der Waals surface area contributed by atoms with Crippen LogP contribution in [0.4, 0.5) is 0 Å². The first kappa shape index (κ1) is 32.9. The molecule has 0 N–H and O–H groups in total. The second-order valence-electron chi connectivity index (χ2n) is 15.0. The SMILES string of the molecule is CC(C)(C)OC(=O)c1ccc2nc(CN3CCC(c4cccc(OCc5ccc6cnn(CC7COC7)c6c5)n4)CC3)n(C[C@@H]3CCO3)c2c1. The Hall–Kier alpha value is -4.32. The summed E-state index contributed by atoms with van der Waals surface area (Å²) in [5.74, 6) is 2.24. The fraction of sp³-hybridized carbons (Fsp3) is 0.487. The topological polar surface area (TPSA) is 106 Å². The number of hydrogen-bond donors (Lipinski definition) is 0. The van der Waals surface area contributed by atoms with Gasteiger partial charge in [-0.15, -0.1) is 0 Å². The third kappa shape index (κ3) is 7.26. The summed E-state index contributed by atoms with van der Waals surface area (Å²) in [6.07, 6.45) is 5.15. The lowest BCUT2D eigenvalue weighted by atomic mass is 9.93. The smallest absolute Gasteiger partial charge is 0.338 e. The zero-order valence-electron chi connectivity index (χ0n) is 29.2. The van der Waals surface area contributed by atoms with Crippen molar-refractivity contribution in [3.63, 3.8) is 0 Å². The van der Waals surface area contributed by atoms with Crippen molar-refractivity contribution in [2.24, 2.45) is 5.92 Å². The number of piperidine rings is 1. The number of aromatic nitrogens is 5. The van der Waals surface area contributed by atoms with Crippen LogP contribution in [0.25, 0.3) is 21.9 Å². The van der Waals surface area contributed by atoms with E-state index in [0.717, 1.165) is 111 Å². The number of carbonyl (C=O) groups is 1. The van der Waals surface area contributed by atoms with Crippen LogP contribution in [0.5, 0.6) is 5.88 Å². The Morgan fingerprint density at radius 3 is 2.54 bits per heavy atom. The van der Waals surface area contributed by atoms with Gasteiger partial charge in [0.25, 0.3) is 0 Å². The molecule has 0 spiro atoms. The van der Waals surface area contributed by atoms with E-state index in [1.807, 2.05) is 51.2 Å². The molecular weight excluding hydrogens is 632 g/mol. The molecule has 3 aromatic heterocycles. The first-order chi connectivity index (χ1) is 24.2. The molecule has 3 fully saturated rings. The summed E-state index contributed by atoms with van der Waals surface area (Å²) < 4.78 is 27.4. The number of ether oxygens (including phenoxy) is 4. The van der Waals surface area contributed by atoms with E-state index >= 15 is 0 Å². The lowest BCUT2D eigenvalue weighted by Gasteiger charge is -2.32. The fourth-order valence-electron chi connectivity index (χ4n) is 7.06. The maximum absolute atomic E-state index is 12.9. The molecule has 5 aromatic rings. The quantitative estimate of drug-likeness (QED) is 0.153. The second kappa shape index (κ2) is 13.8. The molecule has 0 saturated carbocycles. The van der Waals surface area contributed by atoms with Gasteiger partial charge < -0.3 is 23.5 Å². The van der Waals surface area contributed by atoms with E-state index in [2.05, 4.69) is 49.6 Å². The summed E-state index contributed by atoms with van der Waals surface area (Å²) in [6.45, 7) is 12.8. The van der Waals surface area contributed by atoms with Crippen molar-refractivity contribution in [1.82, 2.24) is 29.2 Å². The Kier molecular flexibility index (Phi) is 9.05. The number of esters is 1. The minimum absolute atomic E-state index is 0.168. The van der Waals surface area contributed by atoms with Gasteiger partial charge in [-0.25, -0.2) is 14.8 Å². The van der Waals surface area contributed by atoms with Gasteiger partial charge in [0, 0.05) is 42.1 Å². The molecule has 0 radical (unpaired) electrons. The number of carbonyl (C=O) groups excluding carboxylic acids is 1. The Bertz CT molecular complexity index is 1980. The monoisotopic (exact) mass is 678 g/mol. The van der Waals surface area contributed by atoms with Crippen molar-refractivity contribution >= 4 is 27.9 Å². The Morgan fingerprint density at radius 1 is 0.960 bits per heavy atom. The molecule has 3 saturated heterocycles. The molecule has 0 unspecified atom stereocenters. The number of likely N-dealkylation sites (tertiary alicyclic amines) is 1. The van der Waals surface area contributed by atoms with Gasteiger partial charge in [-0.3, -0.25) is 9.58 Å². The third-order valence-corrected chi connectivity index (χ3v) is 9.99. The van der Waals surface area contributed by atoms with Crippen LogP contribution in [-0.2, 0) is 40.5 Å². The van der Waals surface area contributed by atoms with Crippen LogP contribution in [0.15, 0.2) is 60.8 Å². The van der Waals surface area contributed by atoms with E-state index in [4.69, 9.17) is 28.9 Å². The van der Waals surface area contributed by atoms with Gasteiger partial charge in [-0.1, -0.05) is 18.2 Å². The molecule has 11 heteroatoms. The number of benzene rings is 2. The molecule has 8 rings (SSSR count). The molecule has 1 atom stereocenters.